The molecule has 0 unspecified atom stereocenters. The van der Waals surface area contributed by atoms with Crippen molar-refractivity contribution in [1.29, 1.82) is 0 Å². The van der Waals surface area contributed by atoms with Crippen molar-refractivity contribution in [2.45, 2.75) is 19.8 Å². The predicted molar refractivity (Wildman–Crippen MR) is 81.9 cm³/mol. The standard InChI is InChI=1S/C14H22N2O3S/c1-3-20(17,18)15-13-7-6-12-5-4-8-16(9-10-19-2)14(12)11-13/h6-7,11,15H,3-5,8-10H2,1-2H3. The molecule has 5 nitrogen and oxygen atoms in total. The zero-order valence-electron chi connectivity index (χ0n) is 12.1. The lowest BCUT2D eigenvalue weighted by Gasteiger charge is -2.31. The number of anilines is 2. The number of nitrogens with zero attached hydrogens (tertiary/aromatic N) is 1. The molecule has 0 fully saturated rings. The van der Waals surface area contributed by atoms with E-state index in [2.05, 4.69) is 9.62 Å². The molecule has 20 heavy (non-hydrogen) atoms. The summed E-state index contributed by atoms with van der Waals surface area (Å²) >= 11 is 0. The molecule has 1 aromatic rings. The molecule has 0 saturated carbocycles. The summed E-state index contributed by atoms with van der Waals surface area (Å²) in [5.41, 5.74) is 3.02. The third-order valence-electron chi connectivity index (χ3n) is 3.52. The van der Waals surface area contributed by atoms with Gasteiger partial charge in [-0.3, -0.25) is 4.72 Å². The average molecular weight is 298 g/mol. The molecule has 0 amide bonds. The molecule has 1 N–H and O–H groups in total. The van der Waals surface area contributed by atoms with Crippen LogP contribution in [0.3, 0.4) is 0 Å². The van der Waals surface area contributed by atoms with Gasteiger partial charge in [0.1, 0.15) is 0 Å². The molecule has 1 aliphatic heterocycles. The summed E-state index contributed by atoms with van der Waals surface area (Å²) in [5, 5.41) is 0. The first-order chi connectivity index (χ1) is 9.55. The van der Waals surface area contributed by atoms with Gasteiger partial charge in [-0.25, -0.2) is 8.42 Å². The first-order valence-electron chi connectivity index (χ1n) is 6.93. The lowest BCUT2D eigenvalue weighted by molar-refractivity contribution is 0.205. The molecule has 0 aromatic heterocycles. The van der Waals surface area contributed by atoms with Crippen LogP contribution in [0.1, 0.15) is 18.9 Å². The van der Waals surface area contributed by atoms with Crippen LogP contribution in [-0.4, -0.2) is 41.0 Å². The van der Waals surface area contributed by atoms with E-state index in [4.69, 9.17) is 4.74 Å². The van der Waals surface area contributed by atoms with Crippen molar-refractivity contribution < 1.29 is 13.2 Å². The molecule has 1 heterocycles. The van der Waals surface area contributed by atoms with Gasteiger partial charge in [0, 0.05) is 25.9 Å². The maximum absolute atomic E-state index is 11.6. The van der Waals surface area contributed by atoms with Crippen molar-refractivity contribution in [3.05, 3.63) is 23.8 Å². The van der Waals surface area contributed by atoms with Gasteiger partial charge in [-0.05, 0) is 37.5 Å². The summed E-state index contributed by atoms with van der Waals surface area (Å²) in [6.07, 6.45) is 2.16. The molecule has 0 spiro atoms. The number of fused-ring (bicyclic) bond motifs is 1. The molecule has 0 bridgehead atoms. The highest BCUT2D eigenvalue weighted by atomic mass is 32.2. The van der Waals surface area contributed by atoms with E-state index < -0.39 is 10.0 Å². The van der Waals surface area contributed by atoms with E-state index in [1.54, 1.807) is 14.0 Å². The van der Waals surface area contributed by atoms with E-state index in [1.165, 1.54) is 5.56 Å². The number of benzene rings is 1. The number of ether oxygens (including phenoxy) is 1. The van der Waals surface area contributed by atoms with E-state index >= 15 is 0 Å². The Morgan fingerprint density at radius 1 is 1.40 bits per heavy atom. The van der Waals surface area contributed by atoms with Crippen molar-refractivity contribution in [3.63, 3.8) is 0 Å². The first-order valence-corrected chi connectivity index (χ1v) is 8.58. The molecule has 0 atom stereocenters. The summed E-state index contributed by atoms with van der Waals surface area (Å²) in [5.74, 6) is 0.0808. The van der Waals surface area contributed by atoms with Crippen LogP contribution in [0.25, 0.3) is 0 Å². The number of methoxy groups -OCH3 is 1. The Bertz CT molecular complexity index is 558. The van der Waals surface area contributed by atoms with Crippen LogP contribution < -0.4 is 9.62 Å². The van der Waals surface area contributed by atoms with Crippen molar-refractivity contribution in [2.75, 3.05) is 42.2 Å². The zero-order chi connectivity index (χ0) is 14.6. The van der Waals surface area contributed by atoms with Gasteiger partial charge in [0.15, 0.2) is 0 Å². The molecule has 1 aliphatic rings. The van der Waals surface area contributed by atoms with Crippen molar-refractivity contribution >= 4 is 21.4 Å². The van der Waals surface area contributed by atoms with E-state index in [-0.39, 0.29) is 5.75 Å². The molecule has 0 radical (unpaired) electrons. The van der Waals surface area contributed by atoms with Crippen LogP contribution in [0.2, 0.25) is 0 Å². The summed E-state index contributed by atoms with van der Waals surface area (Å²) < 4.78 is 31.0. The van der Waals surface area contributed by atoms with Gasteiger partial charge < -0.3 is 9.64 Å². The van der Waals surface area contributed by atoms with Crippen LogP contribution in [0, 0.1) is 0 Å². The Morgan fingerprint density at radius 2 is 2.20 bits per heavy atom. The molecule has 0 aliphatic carbocycles. The molecule has 6 heteroatoms. The fourth-order valence-corrected chi connectivity index (χ4v) is 3.03. The summed E-state index contributed by atoms with van der Waals surface area (Å²) in [7, 11) is -1.54. The fourth-order valence-electron chi connectivity index (χ4n) is 2.40. The highest BCUT2D eigenvalue weighted by Crippen LogP contribution is 2.30. The van der Waals surface area contributed by atoms with Crippen molar-refractivity contribution in [3.8, 4) is 0 Å². The Balaban J connectivity index is 2.23. The van der Waals surface area contributed by atoms with Gasteiger partial charge in [-0.2, -0.15) is 0 Å². The number of nitrogens with one attached hydrogen (secondary N) is 1. The van der Waals surface area contributed by atoms with E-state index in [0.717, 1.165) is 31.6 Å². The van der Waals surface area contributed by atoms with Crippen LogP contribution in [-0.2, 0) is 21.2 Å². The minimum absolute atomic E-state index is 0.0808. The van der Waals surface area contributed by atoms with Gasteiger partial charge in [0.25, 0.3) is 0 Å². The van der Waals surface area contributed by atoms with Gasteiger partial charge in [-0.15, -0.1) is 0 Å². The van der Waals surface area contributed by atoms with Crippen LogP contribution in [0.15, 0.2) is 18.2 Å². The van der Waals surface area contributed by atoms with Crippen LogP contribution in [0.5, 0.6) is 0 Å². The number of hydrogen-bond acceptors (Lipinski definition) is 4. The lowest BCUT2D eigenvalue weighted by atomic mass is 10.0. The maximum Gasteiger partial charge on any atom is 0.232 e. The SMILES string of the molecule is CCS(=O)(=O)Nc1ccc2c(c1)N(CCOC)CCC2. The van der Waals surface area contributed by atoms with Gasteiger partial charge in [-0.1, -0.05) is 6.07 Å². The Kier molecular flexibility index (Phi) is 4.88. The number of sulfonamides is 1. The number of hydrogen-bond donors (Lipinski definition) is 1. The van der Waals surface area contributed by atoms with Crippen molar-refractivity contribution in [2.24, 2.45) is 0 Å². The molecular formula is C14H22N2O3S. The second-order valence-corrected chi connectivity index (χ2v) is 6.94. The van der Waals surface area contributed by atoms with E-state index in [9.17, 15) is 8.42 Å². The second kappa shape index (κ2) is 6.45. The fraction of sp³-hybridized carbons (Fsp3) is 0.571. The highest BCUT2D eigenvalue weighted by molar-refractivity contribution is 7.92. The summed E-state index contributed by atoms with van der Waals surface area (Å²) in [4.78, 5) is 2.26. The van der Waals surface area contributed by atoms with Crippen LogP contribution >= 0.6 is 0 Å². The Hall–Kier alpha value is -1.27. The largest absolute Gasteiger partial charge is 0.383 e. The molecule has 0 saturated heterocycles. The predicted octanol–water partition coefficient (Wildman–Crippen LogP) is 1.85. The minimum atomic E-state index is -3.23. The summed E-state index contributed by atoms with van der Waals surface area (Å²) in [6.45, 7) is 4.11. The van der Waals surface area contributed by atoms with Gasteiger partial charge in [0.05, 0.1) is 18.0 Å². The molecule has 1 aromatic carbocycles. The normalized spacial score (nSPS) is 15.0. The highest BCUT2D eigenvalue weighted by Gasteiger charge is 2.18. The zero-order valence-corrected chi connectivity index (χ0v) is 12.9. The van der Waals surface area contributed by atoms with Crippen LogP contribution in [0.4, 0.5) is 11.4 Å². The Morgan fingerprint density at radius 3 is 2.90 bits per heavy atom. The molecule has 2 rings (SSSR count). The number of aryl methyl sites for hydroxylation is 1. The Labute approximate surface area is 121 Å². The molecular weight excluding hydrogens is 276 g/mol. The van der Waals surface area contributed by atoms with Crippen molar-refractivity contribution in [1.82, 2.24) is 0 Å². The topological polar surface area (TPSA) is 58.6 Å². The lowest BCUT2D eigenvalue weighted by Crippen LogP contribution is -2.32. The van der Waals surface area contributed by atoms with Gasteiger partial charge >= 0.3 is 0 Å². The van der Waals surface area contributed by atoms with E-state index in [0.29, 0.717) is 12.3 Å². The van der Waals surface area contributed by atoms with E-state index in [1.807, 2.05) is 18.2 Å². The third-order valence-corrected chi connectivity index (χ3v) is 4.83. The quantitative estimate of drug-likeness (QED) is 0.871. The smallest absolute Gasteiger partial charge is 0.232 e. The second-order valence-electron chi connectivity index (χ2n) is 4.93. The first kappa shape index (κ1) is 15.1. The summed E-state index contributed by atoms with van der Waals surface area (Å²) in [6, 6.07) is 5.78. The minimum Gasteiger partial charge on any atom is -0.383 e. The van der Waals surface area contributed by atoms with Gasteiger partial charge in [0.2, 0.25) is 10.0 Å². The maximum atomic E-state index is 11.6. The number of rotatable bonds is 6. The average Bonchev–Trinajstić information content (AvgIpc) is 2.44. The monoisotopic (exact) mass is 298 g/mol. The molecule has 112 valence electrons. The third kappa shape index (κ3) is 3.64.